The lowest BCUT2D eigenvalue weighted by molar-refractivity contribution is 0.468. The zero-order chi connectivity index (χ0) is 14.0. The van der Waals surface area contributed by atoms with Gasteiger partial charge in [-0.2, -0.15) is 4.31 Å². The molecule has 1 aromatic carbocycles. The van der Waals surface area contributed by atoms with Crippen molar-refractivity contribution >= 4 is 38.6 Å². The number of sulfonamides is 1. The quantitative estimate of drug-likeness (QED) is 0.882. The van der Waals surface area contributed by atoms with Crippen molar-refractivity contribution < 1.29 is 8.42 Å². The summed E-state index contributed by atoms with van der Waals surface area (Å²) in [4.78, 5) is 0. The van der Waals surface area contributed by atoms with Gasteiger partial charge in [-0.3, -0.25) is 0 Å². The molecule has 4 nitrogen and oxygen atoms in total. The summed E-state index contributed by atoms with van der Waals surface area (Å²) < 4.78 is 26.5. The first-order chi connectivity index (χ1) is 8.89. The van der Waals surface area contributed by atoms with E-state index in [2.05, 4.69) is 0 Å². The first kappa shape index (κ1) is 14.3. The van der Waals surface area contributed by atoms with E-state index in [1.807, 2.05) is 6.07 Å². The third-order valence-electron chi connectivity index (χ3n) is 2.57. The van der Waals surface area contributed by atoms with Gasteiger partial charge in [-0.25, -0.2) is 8.42 Å². The van der Waals surface area contributed by atoms with Crippen molar-refractivity contribution in [1.82, 2.24) is 4.31 Å². The molecule has 102 valence electrons. The Balaban J connectivity index is 2.22. The van der Waals surface area contributed by atoms with E-state index in [1.165, 1.54) is 17.4 Å². The number of nitrogens with two attached hydrogens (primary N) is 1. The summed E-state index contributed by atoms with van der Waals surface area (Å²) in [5.74, 6) is 0. The summed E-state index contributed by atoms with van der Waals surface area (Å²) in [5.41, 5.74) is 7.13. The fourth-order valence-corrected chi connectivity index (χ4v) is 4.48. The van der Waals surface area contributed by atoms with Gasteiger partial charge in [0.25, 0.3) is 10.0 Å². The maximum Gasteiger partial charge on any atom is 0.252 e. The minimum absolute atomic E-state index is 0.240. The van der Waals surface area contributed by atoms with Crippen molar-refractivity contribution in [2.75, 3.05) is 12.8 Å². The Bertz CT molecular complexity index is 683. The fraction of sp³-hybridized carbons (Fsp3) is 0.167. The maximum absolute atomic E-state index is 12.3. The highest BCUT2D eigenvalue weighted by Crippen LogP contribution is 2.28. The van der Waals surface area contributed by atoms with Crippen molar-refractivity contribution in [1.29, 1.82) is 0 Å². The molecule has 2 aromatic rings. The Hall–Kier alpha value is -1.08. The van der Waals surface area contributed by atoms with Gasteiger partial charge in [-0.05, 0) is 29.8 Å². The second-order valence-corrected chi connectivity index (χ2v) is 8.05. The van der Waals surface area contributed by atoms with E-state index in [9.17, 15) is 8.42 Å². The number of thiophene rings is 1. The van der Waals surface area contributed by atoms with Crippen LogP contribution in [-0.2, 0) is 16.6 Å². The molecule has 1 aromatic heterocycles. The molecule has 2 rings (SSSR count). The van der Waals surface area contributed by atoms with E-state index in [0.717, 1.165) is 16.9 Å². The number of anilines is 1. The standard InChI is InChI=1S/C12H13ClN2O2S2/c1-15(8-9-3-2-4-10(14)7-9)19(16,17)12-6-5-11(13)18-12/h2-7H,8,14H2,1H3. The molecule has 0 atom stereocenters. The first-order valence-electron chi connectivity index (χ1n) is 5.45. The lowest BCUT2D eigenvalue weighted by Crippen LogP contribution is -2.25. The number of hydrogen-bond donors (Lipinski definition) is 1. The number of nitrogen functional groups attached to an aromatic ring is 1. The average Bonchev–Trinajstić information content (AvgIpc) is 2.76. The molecule has 0 saturated carbocycles. The second kappa shape index (κ2) is 5.50. The Morgan fingerprint density at radius 1 is 1.32 bits per heavy atom. The van der Waals surface area contributed by atoms with Crippen molar-refractivity contribution in [2.24, 2.45) is 0 Å². The molecule has 2 N–H and O–H groups in total. The molecule has 1 heterocycles. The lowest BCUT2D eigenvalue weighted by atomic mass is 10.2. The molecular weight excluding hydrogens is 304 g/mol. The predicted octanol–water partition coefficient (Wildman–Crippen LogP) is 2.80. The maximum atomic E-state index is 12.3. The third-order valence-corrected chi connectivity index (χ3v) is 6.07. The average molecular weight is 317 g/mol. The molecule has 0 unspecified atom stereocenters. The number of rotatable bonds is 4. The molecule has 0 spiro atoms. The van der Waals surface area contributed by atoms with Gasteiger partial charge < -0.3 is 5.73 Å². The number of nitrogens with zero attached hydrogens (tertiary/aromatic N) is 1. The van der Waals surface area contributed by atoms with Gasteiger partial charge in [-0.1, -0.05) is 23.7 Å². The summed E-state index contributed by atoms with van der Waals surface area (Å²) in [7, 11) is -1.97. The summed E-state index contributed by atoms with van der Waals surface area (Å²) >= 11 is 6.82. The smallest absolute Gasteiger partial charge is 0.252 e. The van der Waals surface area contributed by atoms with Crippen LogP contribution in [0, 0.1) is 0 Å². The van der Waals surface area contributed by atoms with Gasteiger partial charge in [0.15, 0.2) is 0 Å². The van der Waals surface area contributed by atoms with Crippen molar-refractivity contribution in [3.8, 4) is 0 Å². The number of benzene rings is 1. The Kier molecular flexibility index (Phi) is 4.15. The lowest BCUT2D eigenvalue weighted by Gasteiger charge is -2.16. The van der Waals surface area contributed by atoms with Crippen molar-refractivity contribution in [3.63, 3.8) is 0 Å². The van der Waals surface area contributed by atoms with Gasteiger partial charge in [-0.15, -0.1) is 11.3 Å². The summed E-state index contributed by atoms with van der Waals surface area (Å²) in [6.07, 6.45) is 0. The number of hydrogen-bond acceptors (Lipinski definition) is 4. The van der Waals surface area contributed by atoms with Gasteiger partial charge in [0.1, 0.15) is 4.21 Å². The van der Waals surface area contributed by atoms with Gasteiger partial charge in [0, 0.05) is 19.3 Å². The minimum atomic E-state index is -3.50. The molecule has 0 aliphatic carbocycles. The van der Waals surface area contributed by atoms with Crippen LogP contribution in [-0.4, -0.2) is 19.8 Å². The highest BCUT2D eigenvalue weighted by Gasteiger charge is 2.22. The largest absolute Gasteiger partial charge is 0.399 e. The van der Waals surface area contributed by atoms with E-state index in [4.69, 9.17) is 17.3 Å². The van der Waals surface area contributed by atoms with Crippen molar-refractivity contribution in [3.05, 3.63) is 46.3 Å². The topological polar surface area (TPSA) is 63.4 Å². The van der Waals surface area contributed by atoms with Crippen LogP contribution < -0.4 is 5.73 Å². The molecule has 0 aliphatic heterocycles. The normalized spacial score (nSPS) is 11.9. The Labute approximate surface area is 121 Å². The molecule has 0 bridgehead atoms. The fourth-order valence-electron chi connectivity index (χ4n) is 1.62. The molecular formula is C12H13ClN2O2S2. The summed E-state index contributed by atoms with van der Waals surface area (Å²) in [5, 5.41) is 0. The van der Waals surface area contributed by atoms with E-state index < -0.39 is 10.0 Å². The first-order valence-corrected chi connectivity index (χ1v) is 8.09. The SMILES string of the molecule is CN(Cc1cccc(N)c1)S(=O)(=O)c1ccc(Cl)s1. The molecule has 19 heavy (non-hydrogen) atoms. The Morgan fingerprint density at radius 3 is 2.63 bits per heavy atom. The summed E-state index contributed by atoms with van der Waals surface area (Å²) in [6, 6.07) is 10.2. The van der Waals surface area contributed by atoms with Crippen LogP contribution in [0.5, 0.6) is 0 Å². The van der Waals surface area contributed by atoms with Crippen LogP contribution in [0.3, 0.4) is 0 Å². The molecule has 0 aliphatic rings. The van der Waals surface area contributed by atoms with E-state index >= 15 is 0 Å². The van der Waals surface area contributed by atoms with Gasteiger partial charge in [0.2, 0.25) is 0 Å². The highest BCUT2D eigenvalue weighted by molar-refractivity contribution is 7.91. The van der Waals surface area contributed by atoms with E-state index in [-0.39, 0.29) is 10.8 Å². The van der Waals surface area contributed by atoms with Crippen LogP contribution >= 0.6 is 22.9 Å². The molecule has 7 heteroatoms. The second-order valence-electron chi connectivity index (χ2n) is 4.06. The van der Waals surface area contributed by atoms with Crippen molar-refractivity contribution in [2.45, 2.75) is 10.8 Å². The molecule has 0 fully saturated rings. The molecule has 0 amide bonds. The molecule has 0 saturated heterocycles. The highest BCUT2D eigenvalue weighted by atomic mass is 35.5. The zero-order valence-corrected chi connectivity index (χ0v) is 12.6. The van der Waals surface area contributed by atoms with E-state index in [0.29, 0.717) is 10.0 Å². The van der Waals surface area contributed by atoms with Gasteiger partial charge >= 0.3 is 0 Å². The van der Waals surface area contributed by atoms with E-state index in [1.54, 1.807) is 24.3 Å². The van der Waals surface area contributed by atoms with Crippen LogP contribution in [0.15, 0.2) is 40.6 Å². The summed E-state index contributed by atoms with van der Waals surface area (Å²) in [6.45, 7) is 0.267. The monoisotopic (exact) mass is 316 g/mol. The van der Waals surface area contributed by atoms with Crippen LogP contribution in [0.1, 0.15) is 5.56 Å². The Morgan fingerprint density at radius 2 is 2.05 bits per heavy atom. The molecule has 0 radical (unpaired) electrons. The third kappa shape index (κ3) is 3.27. The van der Waals surface area contributed by atoms with Crippen LogP contribution in [0.4, 0.5) is 5.69 Å². The van der Waals surface area contributed by atoms with Crippen LogP contribution in [0.25, 0.3) is 0 Å². The zero-order valence-electron chi connectivity index (χ0n) is 10.2. The van der Waals surface area contributed by atoms with Gasteiger partial charge in [0.05, 0.1) is 4.34 Å². The predicted molar refractivity (Wildman–Crippen MR) is 78.8 cm³/mol. The van der Waals surface area contributed by atoms with Crippen LogP contribution in [0.2, 0.25) is 4.34 Å². The number of halogens is 1. The minimum Gasteiger partial charge on any atom is -0.399 e.